The molecule has 6 heteroatoms. The highest BCUT2D eigenvalue weighted by atomic mass is 16.5. The van der Waals surface area contributed by atoms with E-state index in [0.29, 0.717) is 23.1 Å². The molecule has 1 aromatic heterocycles. The van der Waals surface area contributed by atoms with Gasteiger partial charge in [0.1, 0.15) is 5.82 Å². The Hall–Kier alpha value is -2.76. The number of hydrogen-bond donors (Lipinski definition) is 1. The molecule has 0 spiro atoms. The average Bonchev–Trinajstić information content (AvgIpc) is 2.54. The van der Waals surface area contributed by atoms with Gasteiger partial charge >= 0.3 is 0 Å². The van der Waals surface area contributed by atoms with Gasteiger partial charge in [0.2, 0.25) is 5.75 Å². The van der Waals surface area contributed by atoms with Crippen LogP contribution < -0.4 is 19.6 Å². The second-order valence-corrected chi connectivity index (χ2v) is 4.04. The first-order valence-corrected chi connectivity index (χ1v) is 6.28. The van der Waals surface area contributed by atoms with Crippen LogP contribution in [-0.2, 0) is 0 Å². The first kappa shape index (κ1) is 14.6. The number of nitrogens with one attached hydrogen (secondary N) is 1. The molecule has 21 heavy (non-hydrogen) atoms. The number of hydrogen-bond acceptors (Lipinski definition) is 6. The lowest BCUT2D eigenvalue weighted by molar-refractivity contribution is 0.324. The SMILES string of the molecule is COc1cc(/C=N\Nc2ccccn2)cc(OC)c1OC. The lowest BCUT2D eigenvalue weighted by Crippen LogP contribution is -1.98. The standard InChI is InChI=1S/C15H17N3O3/c1-19-12-8-11(9-13(20-2)15(12)21-3)10-17-18-14-6-4-5-7-16-14/h4-10H,1-3H3,(H,16,18)/b17-10-. The molecule has 1 heterocycles. The van der Waals surface area contributed by atoms with Gasteiger partial charge in [-0.15, -0.1) is 0 Å². The van der Waals surface area contributed by atoms with Crippen LogP contribution in [0.1, 0.15) is 5.56 Å². The van der Waals surface area contributed by atoms with Gasteiger partial charge < -0.3 is 14.2 Å². The average molecular weight is 287 g/mol. The van der Waals surface area contributed by atoms with Crippen molar-refractivity contribution in [1.82, 2.24) is 4.98 Å². The van der Waals surface area contributed by atoms with Gasteiger partial charge in [-0.05, 0) is 24.3 Å². The van der Waals surface area contributed by atoms with Crippen LogP contribution >= 0.6 is 0 Å². The molecule has 0 fully saturated rings. The lowest BCUT2D eigenvalue weighted by Gasteiger charge is -2.12. The first-order chi connectivity index (χ1) is 10.3. The number of anilines is 1. The van der Waals surface area contributed by atoms with Crippen molar-refractivity contribution >= 4 is 12.0 Å². The molecule has 0 amide bonds. The number of hydrazone groups is 1. The molecule has 0 aliphatic carbocycles. The van der Waals surface area contributed by atoms with Crippen molar-refractivity contribution in [2.75, 3.05) is 26.8 Å². The summed E-state index contributed by atoms with van der Waals surface area (Å²) < 4.78 is 15.8. The van der Waals surface area contributed by atoms with Crippen LogP contribution in [0.5, 0.6) is 17.2 Å². The van der Waals surface area contributed by atoms with E-state index in [1.54, 1.807) is 33.7 Å². The summed E-state index contributed by atoms with van der Waals surface area (Å²) in [4.78, 5) is 4.11. The van der Waals surface area contributed by atoms with Crippen molar-refractivity contribution < 1.29 is 14.2 Å². The Morgan fingerprint density at radius 2 is 1.76 bits per heavy atom. The fourth-order valence-electron chi connectivity index (χ4n) is 1.78. The summed E-state index contributed by atoms with van der Waals surface area (Å²) in [6.07, 6.45) is 3.34. The maximum absolute atomic E-state index is 5.28. The minimum absolute atomic E-state index is 0.551. The zero-order valence-electron chi connectivity index (χ0n) is 12.2. The van der Waals surface area contributed by atoms with Gasteiger partial charge in [-0.2, -0.15) is 5.10 Å². The number of pyridine rings is 1. The monoisotopic (exact) mass is 287 g/mol. The number of nitrogens with zero attached hydrogens (tertiary/aromatic N) is 2. The number of ether oxygens (including phenoxy) is 3. The van der Waals surface area contributed by atoms with Gasteiger partial charge in [0, 0.05) is 11.8 Å². The summed E-state index contributed by atoms with van der Waals surface area (Å²) in [7, 11) is 4.71. The normalized spacial score (nSPS) is 10.4. The second kappa shape index (κ2) is 7.14. The maximum atomic E-state index is 5.28. The summed E-state index contributed by atoms with van der Waals surface area (Å²) in [6.45, 7) is 0. The Kier molecular flexibility index (Phi) is 4.98. The zero-order valence-corrected chi connectivity index (χ0v) is 12.2. The summed E-state index contributed by atoms with van der Waals surface area (Å²) >= 11 is 0. The minimum Gasteiger partial charge on any atom is -0.493 e. The van der Waals surface area contributed by atoms with Crippen LogP contribution in [-0.4, -0.2) is 32.5 Å². The number of benzene rings is 1. The first-order valence-electron chi connectivity index (χ1n) is 6.28. The molecule has 0 radical (unpaired) electrons. The molecule has 110 valence electrons. The topological polar surface area (TPSA) is 65.0 Å². The highest BCUT2D eigenvalue weighted by Gasteiger charge is 2.12. The van der Waals surface area contributed by atoms with E-state index in [9.17, 15) is 0 Å². The minimum atomic E-state index is 0.551. The quantitative estimate of drug-likeness (QED) is 0.653. The summed E-state index contributed by atoms with van der Waals surface area (Å²) in [6, 6.07) is 9.17. The summed E-state index contributed by atoms with van der Waals surface area (Å²) in [5.41, 5.74) is 3.66. The smallest absolute Gasteiger partial charge is 0.203 e. The van der Waals surface area contributed by atoms with Gasteiger partial charge in [0.05, 0.1) is 27.5 Å². The Morgan fingerprint density at radius 1 is 1.05 bits per heavy atom. The fraction of sp³-hybridized carbons (Fsp3) is 0.200. The molecule has 0 saturated heterocycles. The van der Waals surface area contributed by atoms with Crippen molar-refractivity contribution in [3.63, 3.8) is 0 Å². The molecule has 0 unspecified atom stereocenters. The van der Waals surface area contributed by atoms with Crippen LogP contribution in [0.4, 0.5) is 5.82 Å². The van der Waals surface area contributed by atoms with Gasteiger partial charge in [-0.1, -0.05) is 6.07 Å². The molecule has 1 N–H and O–H groups in total. The Balaban J connectivity index is 2.20. The van der Waals surface area contributed by atoms with Crippen molar-refractivity contribution in [1.29, 1.82) is 0 Å². The molecular formula is C15H17N3O3. The van der Waals surface area contributed by atoms with E-state index in [0.717, 1.165) is 5.56 Å². The third kappa shape index (κ3) is 3.62. The molecule has 0 atom stereocenters. The fourth-order valence-corrected chi connectivity index (χ4v) is 1.78. The van der Waals surface area contributed by atoms with Gasteiger partial charge in [-0.25, -0.2) is 4.98 Å². The van der Waals surface area contributed by atoms with E-state index < -0.39 is 0 Å². The largest absolute Gasteiger partial charge is 0.493 e. The molecular weight excluding hydrogens is 270 g/mol. The van der Waals surface area contributed by atoms with E-state index in [1.165, 1.54) is 0 Å². The third-order valence-electron chi connectivity index (χ3n) is 2.74. The van der Waals surface area contributed by atoms with E-state index in [1.807, 2.05) is 30.3 Å². The summed E-state index contributed by atoms with van der Waals surface area (Å²) in [5.74, 6) is 2.38. The lowest BCUT2D eigenvalue weighted by atomic mass is 10.2. The third-order valence-corrected chi connectivity index (χ3v) is 2.74. The molecule has 2 rings (SSSR count). The van der Waals surface area contributed by atoms with E-state index in [4.69, 9.17) is 14.2 Å². The molecule has 1 aromatic carbocycles. The van der Waals surface area contributed by atoms with E-state index in [2.05, 4.69) is 15.5 Å². The number of rotatable bonds is 6. The van der Waals surface area contributed by atoms with Gasteiger partial charge in [0.15, 0.2) is 11.5 Å². The second-order valence-electron chi connectivity index (χ2n) is 4.04. The Morgan fingerprint density at radius 3 is 2.29 bits per heavy atom. The zero-order chi connectivity index (χ0) is 15.1. The Bertz CT molecular complexity index is 590. The van der Waals surface area contributed by atoms with E-state index in [-0.39, 0.29) is 0 Å². The molecule has 0 bridgehead atoms. The van der Waals surface area contributed by atoms with Crippen molar-refractivity contribution in [2.45, 2.75) is 0 Å². The predicted molar refractivity (Wildman–Crippen MR) is 81.6 cm³/mol. The van der Waals surface area contributed by atoms with Crippen molar-refractivity contribution in [2.24, 2.45) is 5.10 Å². The molecule has 6 nitrogen and oxygen atoms in total. The number of methoxy groups -OCH3 is 3. The van der Waals surface area contributed by atoms with Crippen LogP contribution in [0.15, 0.2) is 41.6 Å². The Labute approximate surface area is 123 Å². The summed E-state index contributed by atoms with van der Waals surface area (Å²) in [5, 5.41) is 4.13. The van der Waals surface area contributed by atoms with Crippen molar-refractivity contribution in [3.05, 3.63) is 42.1 Å². The van der Waals surface area contributed by atoms with Gasteiger partial charge in [-0.3, -0.25) is 5.43 Å². The van der Waals surface area contributed by atoms with Crippen LogP contribution in [0.25, 0.3) is 0 Å². The van der Waals surface area contributed by atoms with Gasteiger partial charge in [0.25, 0.3) is 0 Å². The van der Waals surface area contributed by atoms with E-state index >= 15 is 0 Å². The highest BCUT2D eigenvalue weighted by Crippen LogP contribution is 2.37. The van der Waals surface area contributed by atoms with Crippen LogP contribution in [0, 0.1) is 0 Å². The molecule has 0 saturated carbocycles. The predicted octanol–water partition coefficient (Wildman–Crippen LogP) is 2.55. The van der Waals surface area contributed by atoms with Crippen LogP contribution in [0.3, 0.4) is 0 Å². The molecule has 0 aliphatic rings. The molecule has 2 aromatic rings. The number of aromatic nitrogens is 1. The van der Waals surface area contributed by atoms with Crippen LogP contribution in [0.2, 0.25) is 0 Å². The highest BCUT2D eigenvalue weighted by molar-refractivity contribution is 5.82. The molecule has 0 aliphatic heterocycles. The van der Waals surface area contributed by atoms with Crippen molar-refractivity contribution in [3.8, 4) is 17.2 Å². The maximum Gasteiger partial charge on any atom is 0.203 e.